The number of hydrogen-bond acceptors (Lipinski definition) is 7. The first-order valence-corrected chi connectivity index (χ1v) is 10.7. The van der Waals surface area contributed by atoms with E-state index in [1.165, 1.54) is 18.9 Å². The van der Waals surface area contributed by atoms with Gasteiger partial charge in [-0.15, -0.1) is 0 Å². The Balaban J connectivity index is 1.56. The Hall–Kier alpha value is -3.94. The van der Waals surface area contributed by atoms with Gasteiger partial charge in [-0.1, -0.05) is 24.3 Å². The number of nitrogens with zero attached hydrogens (tertiary/aromatic N) is 5. The van der Waals surface area contributed by atoms with Crippen LogP contribution >= 0.6 is 0 Å². The fraction of sp³-hybridized carbons (Fsp3) is 0.250. The first kappa shape index (κ1) is 20.0. The van der Waals surface area contributed by atoms with Crippen LogP contribution in [0.25, 0.3) is 16.9 Å². The van der Waals surface area contributed by atoms with E-state index in [-0.39, 0.29) is 5.56 Å². The molecule has 8 nitrogen and oxygen atoms in total. The fourth-order valence-electron chi connectivity index (χ4n) is 4.34. The highest BCUT2D eigenvalue weighted by Gasteiger charge is 2.21. The van der Waals surface area contributed by atoms with Crippen molar-refractivity contribution in [1.82, 2.24) is 19.6 Å². The van der Waals surface area contributed by atoms with Gasteiger partial charge in [0.2, 0.25) is 0 Å². The molecule has 0 radical (unpaired) electrons. The number of carboxylic acid groups (broad SMARTS) is 1. The lowest BCUT2D eigenvalue weighted by molar-refractivity contribution is -0.255. The number of imidazole rings is 1. The summed E-state index contributed by atoms with van der Waals surface area (Å²) in [4.78, 5) is 23.0. The van der Waals surface area contributed by atoms with Crippen LogP contribution in [0.15, 0.2) is 54.9 Å². The largest absolute Gasteiger partial charge is 0.545 e. The third kappa shape index (κ3) is 3.53. The highest BCUT2D eigenvalue weighted by Crippen LogP contribution is 2.30. The molecule has 0 unspecified atom stereocenters. The second-order valence-electron chi connectivity index (χ2n) is 8.09. The van der Waals surface area contributed by atoms with Crippen molar-refractivity contribution in [3.63, 3.8) is 0 Å². The summed E-state index contributed by atoms with van der Waals surface area (Å²) in [6, 6.07) is 13.4. The minimum atomic E-state index is -1.21. The number of benzene rings is 1. The summed E-state index contributed by atoms with van der Waals surface area (Å²) in [6.07, 6.45) is 5.79. The quantitative estimate of drug-likeness (QED) is 0.522. The molecule has 1 aliphatic heterocycles. The van der Waals surface area contributed by atoms with E-state index in [4.69, 9.17) is 4.98 Å². The molecule has 0 aliphatic carbocycles. The van der Waals surface area contributed by atoms with Gasteiger partial charge < -0.3 is 20.1 Å². The van der Waals surface area contributed by atoms with Crippen molar-refractivity contribution in [2.75, 3.05) is 16.8 Å². The van der Waals surface area contributed by atoms with Gasteiger partial charge in [-0.05, 0) is 50.5 Å². The maximum Gasteiger partial charge on any atom is 0.177 e. The summed E-state index contributed by atoms with van der Waals surface area (Å²) in [7, 11) is 0. The molecule has 0 bridgehead atoms. The average Bonchev–Trinajstić information content (AvgIpc) is 3.43. The lowest BCUT2D eigenvalue weighted by Gasteiger charge is -2.23. The molecule has 0 amide bonds. The van der Waals surface area contributed by atoms with Gasteiger partial charge in [-0.2, -0.15) is 5.10 Å². The van der Waals surface area contributed by atoms with Crippen molar-refractivity contribution in [3.8, 4) is 11.3 Å². The molecule has 1 atom stereocenters. The lowest BCUT2D eigenvalue weighted by Crippen LogP contribution is -2.27. The first-order valence-electron chi connectivity index (χ1n) is 10.7. The van der Waals surface area contributed by atoms with Crippen molar-refractivity contribution in [2.24, 2.45) is 0 Å². The van der Waals surface area contributed by atoms with Gasteiger partial charge in [0.05, 0.1) is 17.4 Å². The Morgan fingerprint density at radius 1 is 1.22 bits per heavy atom. The molecular weight excluding hydrogens is 404 g/mol. The van der Waals surface area contributed by atoms with Gasteiger partial charge in [0.25, 0.3) is 0 Å². The summed E-state index contributed by atoms with van der Waals surface area (Å²) in [5.41, 5.74) is 3.50. The lowest BCUT2D eigenvalue weighted by atomic mass is 10.00. The second-order valence-corrected chi connectivity index (χ2v) is 8.09. The number of rotatable bonds is 5. The highest BCUT2D eigenvalue weighted by molar-refractivity contribution is 5.90. The van der Waals surface area contributed by atoms with E-state index in [0.717, 1.165) is 23.6 Å². The minimum absolute atomic E-state index is 0.152. The molecule has 4 heterocycles. The maximum atomic E-state index is 11.5. The van der Waals surface area contributed by atoms with Crippen LogP contribution in [0.3, 0.4) is 0 Å². The topological polar surface area (TPSA) is 98.5 Å². The second kappa shape index (κ2) is 7.96. The Bertz CT molecular complexity index is 1320. The van der Waals surface area contributed by atoms with Crippen LogP contribution in [0.4, 0.5) is 17.3 Å². The van der Waals surface area contributed by atoms with Crippen LogP contribution < -0.4 is 15.3 Å². The van der Waals surface area contributed by atoms with Gasteiger partial charge in [0.1, 0.15) is 11.6 Å². The average molecular weight is 427 g/mol. The molecule has 162 valence electrons. The van der Waals surface area contributed by atoms with Crippen LogP contribution in [0.1, 0.15) is 35.7 Å². The number of nitrogens with one attached hydrogen (secondary N) is 1. The number of carbonyl (C=O) groups excluding carboxylic acids is 1. The Morgan fingerprint density at radius 2 is 2.06 bits per heavy atom. The standard InChI is InChI=1S/C24H24N6O2/c1-15-6-5-12-29(15)22-10-4-9-21(27-22)26-20-14-19(28-30-13-11-25-23(20)30)17-7-3-8-18(16(17)2)24(31)32/h3-4,7-11,13-15H,5-6,12H2,1-2H3,(H,26,27)(H,31,32)/p-1/t15-/m0/s1. The van der Waals surface area contributed by atoms with Crippen LogP contribution in [-0.2, 0) is 0 Å². The van der Waals surface area contributed by atoms with Gasteiger partial charge in [0.15, 0.2) is 5.65 Å². The van der Waals surface area contributed by atoms with E-state index in [0.29, 0.717) is 28.8 Å². The summed E-state index contributed by atoms with van der Waals surface area (Å²) in [6.45, 7) is 4.99. The predicted octanol–water partition coefficient (Wildman–Crippen LogP) is 3.20. The number of fused-ring (bicyclic) bond motifs is 1. The SMILES string of the molecule is Cc1c(C(=O)[O-])cccc1-c1cc(Nc2cccc(N3CCC[C@@H]3C)n2)c2nccn2n1. The summed E-state index contributed by atoms with van der Waals surface area (Å²) < 4.78 is 1.68. The molecule has 5 rings (SSSR count). The van der Waals surface area contributed by atoms with Gasteiger partial charge in [-0.25, -0.2) is 14.5 Å². The van der Waals surface area contributed by atoms with E-state index in [1.54, 1.807) is 29.9 Å². The Kier molecular flexibility index (Phi) is 4.97. The smallest absolute Gasteiger partial charge is 0.177 e. The van der Waals surface area contributed by atoms with E-state index in [9.17, 15) is 9.90 Å². The zero-order chi connectivity index (χ0) is 22.2. The van der Waals surface area contributed by atoms with E-state index in [2.05, 4.69) is 27.2 Å². The Morgan fingerprint density at radius 3 is 2.84 bits per heavy atom. The molecule has 1 aliphatic rings. The molecule has 1 fully saturated rings. The van der Waals surface area contributed by atoms with Gasteiger partial charge in [0, 0.05) is 36.1 Å². The third-order valence-corrected chi connectivity index (χ3v) is 6.03. The number of aromatic carboxylic acids is 1. The Labute approximate surface area is 185 Å². The third-order valence-electron chi connectivity index (χ3n) is 6.03. The summed E-state index contributed by atoms with van der Waals surface area (Å²) in [5, 5.41) is 19.5. The first-order chi connectivity index (χ1) is 15.5. The number of carboxylic acids is 1. The van der Waals surface area contributed by atoms with Crippen molar-refractivity contribution < 1.29 is 9.90 Å². The number of anilines is 3. The van der Waals surface area contributed by atoms with E-state index >= 15 is 0 Å². The van der Waals surface area contributed by atoms with Crippen LogP contribution in [-0.4, -0.2) is 38.1 Å². The molecule has 8 heteroatoms. The minimum Gasteiger partial charge on any atom is -0.545 e. The molecular formula is C24H23N6O2-. The predicted molar refractivity (Wildman–Crippen MR) is 121 cm³/mol. The molecule has 0 saturated carbocycles. The van der Waals surface area contributed by atoms with Crippen LogP contribution in [0.2, 0.25) is 0 Å². The molecule has 4 aromatic rings. The molecule has 3 aromatic heterocycles. The zero-order valence-corrected chi connectivity index (χ0v) is 17.9. The van der Waals surface area contributed by atoms with Gasteiger partial charge in [-0.3, -0.25) is 0 Å². The van der Waals surface area contributed by atoms with Crippen LogP contribution in [0, 0.1) is 6.92 Å². The van der Waals surface area contributed by atoms with Crippen molar-refractivity contribution >= 4 is 28.9 Å². The van der Waals surface area contributed by atoms with E-state index in [1.807, 2.05) is 30.3 Å². The number of carbonyl (C=O) groups is 1. The van der Waals surface area contributed by atoms with Gasteiger partial charge >= 0.3 is 0 Å². The number of pyridine rings is 1. The molecule has 1 aromatic carbocycles. The van der Waals surface area contributed by atoms with Crippen molar-refractivity contribution in [2.45, 2.75) is 32.7 Å². The number of hydrogen-bond donors (Lipinski definition) is 1. The molecule has 1 N–H and O–H groups in total. The van der Waals surface area contributed by atoms with Crippen LogP contribution in [0.5, 0.6) is 0 Å². The summed E-state index contributed by atoms with van der Waals surface area (Å²) >= 11 is 0. The maximum absolute atomic E-state index is 11.5. The molecule has 32 heavy (non-hydrogen) atoms. The zero-order valence-electron chi connectivity index (χ0n) is 17.9. The van der Waals surface area contributed by atoms with Crippen molar-refractivity contribution in [3.05, 3.63) is 66.0 Å². The van der Waals surface area contributed by atoms with E-state index < -0.39 is 5.97 Å². The highest BCUT2D eigenvalue weighted by atomic mass is 16.4. The molecule has 0 spiro atoms. The monoisotopic (exact) mass is 427 g/mol. The number of aromatic nitrogens is 4. The molecule has 1 saturated heterocycles. The normalized spacial score (nSPS) is 15.9. The summed E-state index contributed by atoms with van der Waals surface area (Å²) in [5.74, 6) is 0.457. The van der Waals surface area contributed by atoms with Crippen molar-refractivity contribution in [1.29, 1.82) is 0 Å². The fourth-order valence-corrected chi connectivity index (χ4v) is 4.34.